The van der Waals surface area contributed by atoms with Crippen LogP contribution in [0.5, 0.6) is 0 Å². The maximum Gasteiger partial charge on any atom is 0.373 e. The highest BCUT2D eigenvalue weighted by molar-refractivity contribution is 7.99. The van der Waals surface area contributed by atoms with Crippen molar-refractivity contribution in [2.24, 2.45) is 5.73 Å². The molecular weight excluding hydrogens is 270 g/mol. The summed E-state index contributed by atoms with van der Waals surface area (Å²) in [5.41, 5.74) is 5.61. The van der Waals surface area contributed by atoms with Gasteiger partial charge >= 0.3 is 11.9 Å². The average molecular weight is 287 g/mol. The number of rotatable bonds is 6. The Bertz CT molecular complexity index is 468. The van der Waals surface area contributed by atoms with E-state index in [0.29, 0.717) is 11.5 Å². The molecule has 0 aromatic carbocycles. The van der Waals surface area contributed by atoms with E-state index in [1.165, 1.54) is 24.9 Å². The van der Waals surface area contributed by atoms with Crippen LogP contribution in [-0.2, 0) is 15.3 Å². The molecule has 0 bridgehead atoms. The first-order valence-corrected chi connectivity index (χ1v) is 6.56. The van der Waals surface area contributed by atoms with E-state index >= 15 is 0 Å². The monoisotopic (exact) mass is 287 g/mol. The zero-order valence-electron chi connectivity index (χ0n) is 11.0. The summed E-state index contributed by atoms with van der Waals surface area (Å²) in [5, 5.41) is 8.90. The second-order valence-corrected chi connectivity index (χ2v) is 6.10. The average Bonchev–Trinajstić information content (AvgIpc) is 2.83. The minimum absolute atomic E-state index is 0.124. The number of nitrogens with two attached hydrogens (primary N) is 1. The fraction of sp³-hybridized carbons (Fsp3) is 0.500. The van der Waals surface area contributed by atoms with Crippen LogP contribution in [-0.4, -0.2) is 34.9 Å². The van der Waals surface area contributed by atoms with Gasteiger partial charge < -0.3 is 20.0 Å². The van der Waals surface area contributed by atoms with Crippen molar-refractivity contribution in [1.82, 2.24) is 0 Å². The number of hydrogen-bond donors (Lipinski definition) is 2. The van der Waals surface area contributed by atoms with E-state index < -0.39 is 22.7 Å². The van der Waals surface area contributed by atoms with Crippen molar-refractivity contribution in [3.8, 4) is 0 Å². The number of carbonyl (C=O) groups excluding carboxylic acids is 1. The summed E-state index contributed by atoms with van der Waals surface area (Å²) in [6.45, 7) is 3.50. The lowest BCUT2D eigenvalue weighted by Crippen LogP contribution is -2.46. The predicted octanol–water partition coefficient (Wildman–Crippen LogP) is 1.49. The number of ether oxygens (including phenoxy) is 1. The van der Waals surface area contributed by atoms with Crippen LogP contribution in [0.4, 0.5) is 0 Å². The van der Waals surface area contributed by atoms with Crippen LogP contribution in [0.15, 0.2) is 16.5 Å². The van der Waals surface area contributed by atoms with Crippen LogP contribution in [0.1, 0.15) is 30.2 Å². The van der Waals surface area contributed by atoms with E-state index in [1.54, 1.807) is 19.9 Å². The molecule has 6 nitrogen and oxygen atoms in total. The molecule has 0 fully saturated rings. The number of carboxylic acids is 1. The van der Waals surface area contributed by atoms with Crippen LogP contribution in [0.25, 0.3) is 0 Å². The molecule has 1 aromatic heterocycles. The molecule has 7 heteroatoms. The van der Waals surface area contributed by atoms with E-state index in [0.717, 1.165) is 0 Å². The van der Waals surface area contributed by atoms with Gasteiger partial charge in [0, 0.05) is 4.75 Å². The van der Waals surface area contributed by atoms with Gasteiger partial charge in [0.2, 0.25) is 5.76 Å². The minimum Gasteiger partial charge on any atom is -0.480 e. The highest BCUT2D eigenvalue weighted by atomic mass is 32.2. The smallest absolute Gasteiger partial charge is 0.373 e. The van der Waals surface area contributed by atoms with Gasteiger partial charge in [0.25, 0.3) is 0 Å². The lowest BCUT2D eigenvalue weighted by molar-refractivity contribution is -0.139. The third-order valence-electron chi connectivity index (χ3n) is 2.65. The normalized spacial score (nSPS) is 13.1. The minimum atomic E-state index is -1.05. The summed E-state index contributed by atoms with van der Waals surface area (Å²) in [6.07, 6.45) is 0. The Labute approximate surface area is 115 Å². The lowest BCUT2D eigenvalue weighted by atomic mass is 10.1. The number of esters is 1. The lowest BCUT2D eigenvalue weighted by Gasteiger charge is -2.27. The van der Waals surface area contributed by atoms with Gasteiger partial charge in [-0.2, -0.15) is 0 Å². The number of hydrogen-bond acceptors (Lipinski definition) is 6. The Morgan fingerprint density at radius 3 is 2.68 bits per heavy atom. The van der Waals surface area contributed by atoms with Crippen molar-refractivity contribution in [3.05, 3.63) is 23.7 Å². The second kappa shape index (κ2) is 6.12. The Balaban J connectivity index is 2.64. The fourth-order valence-electron chi connectivity index (χ4n) is 1.31. The standard InChI is InChI=1S/C12H17NO5S/c1-12(2,9(13)10(14)15)19-6-7-4-5-8(18-7)11(16)17-3/h4-5,9H,6,13H2,1-3H3,(H,14,15)/t9-/m0/s1. The van der Waals surface area contributed by atoms with E-state index in [4.69, 9.17) is 15.3 Å². The van der Waals surface area contributed by atoms with Crippen molar-refractivity contribution in [2.45, 2.75) is 30.4 Å². The molecule has 0 aliphatic heterocycles. The third-order valence-corrected chi connectivity index (χ3v) is 4.08. The molecule has 0 radical (unpaired) electrons. The van der Waals surface area contributed by atoms with Gasteiger partial charge in [-0.3, -0.25) is 4.79 Å². The van der Waals surface area contributed by atoms with Crippen molar-refractivity contribution in [1.29, 1.82) is 0 Å². The quantitative estimate of drug-likeness (QED) is 0.764. The molecule has 0 spiro atoms. The summed E-state index contributed by atoms with van der Waals surface area (Å²) in [5.74, 6) is -0.482. The number of thioether (sulfide) groups is 1. The van der Waals surface area contributed by atoms with Crippen molar-refractivity contribution in [2.75, 3.05) is 7.11 Å². The number of aliphatic carboxylic acids is 1. The van der Waals surface area contributed by atoms with E-state index in [1.807, 2.05) is 0 Å². The predicted molar refractivity (Wildman–Crippen MR) is 71.0 cm³/mol. The highest BCUT2D eigenvalue weighted by Crippen LogP contribution is 2.31. The van der Waals surface area contributed by atoms with Gasteiger partial charge in [-0.25, -0.2) is 4.79 Å². The topological polar surface area (TPSA) is 103 Å². The molecule has 0 unspecified atom stereocenters. The van der Waals surface area contributed by atoms with Crippen LogP contribution >= 0.6 is 11.8 Å². The molecule has 1 heterocycles. The Morgan fingerprint density at radius 1 is 1.53 bits per heavy atom. The fourth-order valence-corrected chi connectivity index (χ4v) is 2.26. The van der Waals surface area contributed by atoms with Gasteiger partial charge in [0.15, 0.2) is 0 Å². The first-order valence-electron chi connectivity index (χ1n) is 5.57. The third kappa shape index (κ3) is 4.00. The number of methoxy groups -OCH3 is 1. The van der Waals surface area contributed by atoms with Gasteiger partial charge in [-0.05, 0) is 26.0 Å². The highest BCUT2D eigenvalue weighted by Gasteiger charge is 2.32. The van der Waals surface area contributed by atoms with Crippen molar-refractivity contribution in [3.63, 3.8) is 0 Å². The van der Waals surface area contributed by atoms with Crippen molar-refractivity contribution < 1.29 is 23.8 Å². The van der Waals surface area contributed by atoms with Gasteiger partial charge in [0.1, 0.15) is 11.8 Å². The molecule has 1 rings (SSSR count). The SMILES string of the molecule is COC(=O)c1ccc(CSC(C)(C)[C@@H](N)C(=O)O)o1. The van der Waals surface area contributed by atoms with E-state index in [-0.39, 0.29) is 5.76 Å². The maximum absolute atomic E-state index is 11.2. The number of furan rings is 1. The molecule has 0 aliphatic carbocycles. The number of carbonyl (C=O) groups is 2. The second-order valence-electron chi connectivity index (χ2n) is 4.47. The molecule has 0 saturated carbocycles. The molecule has 1 atom stereocenters. The number of carboxylic acid groups (broad SMARTS) is 1. The zero-order chi connectivity index (χ0) is 14.6. The molecule has 1 aromatic rings. The molecule has 106 valence electrons. The van der Waals surface area contributed by atoms with Gasteiger partial charge in [0.05, 0.1) is 12.9 Å². The Kier molecular flexibility index (Phi) is 5.02. The maximum atomic E-state index is 11.2. The summed E-state index contributed by atoms with van der Waals surface area (Å²) < 4.78 is 9.17. The molecule has 3 N–H and O–H groups in total. The van der Waals surface area contributed by atoms with Crippen LogP contribution in [0.2, 0.25) is 0 Å². The molecule has 0 aliphatic rings. The molecule has 19 heavy (non-hydrogen) atoms. The molecule has 0 amide bonds. The summed E-state index contributed by atoms with van der Waals surface area (Å²) in [4.78, 5) is 22.1. The molecular formula is C12H17NO5S. The first kappa shape index (κ1) is 15.6. The summed E-state index contributed by atoms with van der Waals surface area (Å²) in [7, 11) is 1.27. The van der Waals surface area contributed by atoms with Crippen LogP contribution < -0.4 is 5.73 Å². The molecule has 0 saturated heterocycles. The zero-order valence-corrected chi connectivity index (χ0v) is 11.8. The van der Waals surface area contributed by atoms with Crippen LogP contribution in [0.3, 0.4) is 0 Å². The van der Waals surface area contributed by atoms with E-state index in [2.05, 4.69) is 4.74 Å². The summed E-state index contributed by atoms with van der Waals surface area (Å²) in [6, 6.07) is 2.19. The first-order chi connectivity index (χ1) is 8.77. The van der Waals surface area contributed by atoms with Gasteiger partial charge in [-0.1, -0.05) is 0 Å². The van der Waals surface area contributed by atoms with Crippen LogP contribution in [0, 0.1) is 0 Å². The van der Waals surface area contributed by atoms with Gasteiger partial charge in [-0.15, -0.1) is 11.8 Å². The Hall–Kier alpha value is -1.47. The largest absolute Gasteiger partial charge is 0.480 e. The van der Waals surface area contributed by atoms with E-state index in [9.17, 15) is 9.59 Å². The Morgan fingerprint density at radius 2 is 2.16 bits per heavy atom. The van der Waals surface area contributed by atoms with Crippen molar-refractivity contribution >= 4 is 23.7 Å². The summed E-state index contributed by atoms with van der Waals surface area (Å²) >= 11 is 1.35.